The molecule has 4 nitrogen and oxygen atoms in total. The Labute approximate surface area is 225 Å². The van der Waals surface area contributed by atoms with E-state index in [4.69, 9.17) is 19.7 Å². The molecule has 0 spiro atoms. The second-order valence-corrected chi connectivity index (χ2v) is 9.67. The second-order valence-electron chi connectivity index (χ2n) is 9.67. The summed E-state index contributed by atoms with van der Waals surface area (Å²) in [5.41, 5.74) is 5.03. The Hall–Kier alpha value is -5.35. The van der Waals surface area contributed by atoms with E-state index < -0.39 is 0 Å². The number of benzene rings is 6. The maximum atomic E-state index is 6.43. The Morgan fingerprint density at radius 3 is 1.95 bits per heavy atom. The first-order chi connectivity index (χ1) is 19.3. The highest BCUT2D eigenvalue weighted by atomic mass is 16.5. The van der Waals surface area contributed by atoms with Crippen LogP contribution in [-0.2, 0) is 0 Å². The molecule has 1 aliphatic heterocycles. The first-order valence-corrected chi connectivity index (χ1v) is 13.0. The number of hydrogen-bond acceptors (Lipinski definition) is 4. The molecule has 0 fully saturated rings. The first-order valence-electron chi connectivity index (χ1n) is 13.0. The van der Waals surface area contributed by atoms with Crippen LogP contribution in [0.5, 0.6) is 11.5 Å². The van der Waals surface area contributed by atoms with E-state index in [1.165, 1.54) is 10.9 Å². The van der Waals surface area contributed by atoms with Crippen LogP contribution in [0.25, 0.3) is 66.8 Å². The van der Waals surface area contributed by atoms with Crippen LogP contribution in [0.1, 0.15) is 0 Å². The third-order valence-corrected chi connectivity index (χ3v) is 7.31. The Balaban J connectivity index is 1.33. The van der Waals surface area contributed by atoms with E-state index in [1.807, 2.05) is 66.7 Å². The summed E-state index contributed by atoms with van der Waals surface area (Å²) in [4.78, 5) is 14.9. The van der Waals surface area contributed by atoms with Gasteiger partial charge in [0.15, 0.2) is 17.5 Å². The van der Waals surface area contributed by atoms with E-state index in [1.54, 1.807) is 0 Å². The summed E-state index contributed by atoms with van der Waals surface area (Å²) in [6.45, 7) is 0. The highest BCUT2D eigenvalue weighted by Gasteiger charge is 2.21. The molecule has 7 aromatic rings. The van der Waals surface area contributed by atoms with Gasteiger partial charge in [0.1, 0.15) is 11.5 Å². The summed E-state index contributed by atoms with van der Waals surface area (Å²) in [6.07, 6.45) is 0. The molecule has 2 heterocycles. The van der Waals surface area contributed by atoms with Crippen molar-refractivity contribution in [3.8, 4) is 56.8 Å². The Kier molecular flexibility index (Phi) is 4.79. The summed E-state index contributed by atoms with van der Waals surface area (Å²) in [6, 6.07) is 43.4. The van der Waals surface area contributed by atoms with Crippen LogP contribution in [0.15, 0.2) is 127 Å². The molecule has 182 valence electrons. The van der Waals surface area contributed by atoms with Crippen LogP contribution in [0.2, 0.25) is 0 Å². The van der Waals surface area contributed by atoms with Crippen molar-refractivity contribution in [1.29, 1.82) is 0 Å². The van der Waals surface area contributed by atoms with Gasteiger partial charge in [0, 0.05) is 27.6 Å². The van der Waals surface area contributed by atoms with Gasteiger partial charge >= 0.3 is 0 Å². The summed E-state index contributed by atoms with van der Waals surface area (Å²) >= 11 is 0. The largest absolute Gasteiger partial charge is 0.456 e. The fraction of sp³-hybridized carbons (Fsp3) is 0. The maximum absolute atomic E-state index is 6.43. The molecule has 0 amide bonds. The average Bonchev–Trinajstić information content (AvgIpc) is 3.01. The van der Waals surface area contributed by atoms with Crippen molar-refractivity contribution < 1.29 is 4.74 Å². The summed E-state index contributed by atoms with van der Waals surface area (Å²) in [7, 11) is 0. The van der Waals surface area contributed by atoms with Gasteiger partial charge < -0.3 is 4.74 Å². The number of hydrogen-bond donors (Lipinski definition) is 0. The van der Waals surface area contributed by atoms with E-state index in [0.29, 0.717) is 17.5 Å². The summed E-state index contributed by atoms with van der Waals surface area (Å²) in [5.74, 6) is 3.55. The van der Waals surface area contributed by atoms with Gasteiger partial charge in [0.2, 0.25) is 0 Å². The minimum atomic E-state index is 0.607. The van der Waals surface area contributed by atoms with Crippen molar-refractivity contribution in [3.63, 3.8) is 0 Å². The average molecular weight is 500 g/mol. The zero-order chi connectivity index (χ0) is 25.8. The van der Waals surface area contributed by atoms with Crippen molar-refractivity contribution in [2.24, 2.45) is 0 Å². The van der Waals surface area contributed by atoms with Crippen LogP contribution >= 0.6 is 0 Å². The van der Waals surface area contributed by atoms with Gasteiger partial charge in [-0.1, -0.05) is 109 Å². The number of nitrogens with zero attached hydrogens (tertiary/aromatic N) is 3. The van der Waals surface area contributed by atoms with E-state index in [-0.39, 0.29) is 0 Å². The summed E-state index contributed by atoms with van der Waals surface area (Å²) < 4.78 is 6.43. The Bertz CT molecular complexity index is 2040. The monoisotopic (exact) mass is 499 g/mol. The SMILES string of the molecule is c1ccc(-c2nc(-c3ccc4c(c3)Oc3cccc5cccc-4c35)nc(-c3cccc4ccccc34)n2)cc1. The molecule has 0 saturated heterocycles. The third kappa shape index (κ3) is 3.57. The Morgan fingerprint density at radius 1 is 0.410 bits per heavy atom. The highest BCUT2D eigenvalue weighted by Crippen LogP contribution is 2.47. The molecule has 0 unspecified atom stereocenters. The number of fused-ring (bicyclic) bond motifs is 3. The predicted molar refractivity (Wildman–Crippen MR) is 157 cm³/mol. The zero-order valence-corrected chi connectivity index (χ0v) is 20.9. The highest BCUT2D eigenvalue weighted by molar-refractivity contribution is 6.04. The molecule has 1 aliphatic rings. The molecule has 0 radical (unpaired) electrons. The van der Waals surface area contributed by atoms with E-state index >= 15 is 0 Å². The standard InChI is InChI=1S/C35H21N3O/c1-2-10-24(11-3-1)33-36-34(38-35(37-33)29-17-6-12-22-9-4-5-15-26(22)29)25-19-20-27-28-16-7-13-23-14-8-18-30(32(23)28)39-31(27)21-25/h1-21H. The molecule has 39 heavy (non-hydrogen) atoms. The molecule has 4 heteroatoms. The molecule has 1 aromatic heterocycles. The number of aromatic nitrogens is 3. The lowest BCUT2D eigenvalue weighted by Gasteiger charge is -2.21. The molecule has 0 saturated carbocycles. The molecular formula is C35H21N3O. The lowest BCUT2D eigenvalue weighted by atomic mass is 9.94. The van der Waals surface area contributed by atoms with Crippen molar-refractivity contribution in [3.05, 3.63) is 127 Å². The van der Waals surface area contributed by atoms with Crippen molar-refractivity contribution in [1.82, 2.24) is 15.0 Å². The molecule has 8 rings (SSSR count). The van der Waals surface area contributed by atoms with Gasteiger partial charge in [0.25, 0.3) is 0 Å². The summed E-state index contributed by atoms with van der Waals surface area (Å²) in [5, 5.41) is 4.57. The van der Waals surface area contributed by atoms with E-state index in [2.05, 4.69) is 60.7 Å². The minimum absolute atomic E-state index is 0.607. The molecule has 6 aromatic carbocycles. The van der Waals surface area contributed by atoms with Crippen LogP contribution in [-0.4, -0.2) is 15.0 Å². The molecule has 0 bridgehead atoms. The van der Waals surface area contributed by atoms with Crippen molar-refractivity contribution >= 4 is 21.5 Å². The van der Waals surface area contributed by atoms with Crippen molar-refractivity contribution in [2.45, 2.75) is 0 Å². The number of rotatable bonds is 3. The van der Waals surface area contributed by atoms with Gasteiger partial charge in [0.05, 0.1) is 0 Å². The quantitative estimate of drug-likeness (QED) is 0.243. The number of ether oxygens (including phenoxy) is 1. The Morgan fingerprint density at radius 2 is 1.08 bits per heavy atom. The van der Waals surface area contributed by atoms with Crippen LogP contribution < -0.4 is 4.74 Å². The van der Waals surface area contributed by atoms with Gasteiger partial charge in [-0.2, -0.15) is 0 Å². The topological polar surface area (TPSA) is 47.9 Å². The van der Waals surface area contributed by atoms with Crippen LogP contribution in [0.3, 0.4) is 0 Å². The van der Waals surface area contributed by atoms with Gasteiger partial charge in [-0.05, 0) is 39.9 Å². The van der Waals surface area contributed by atoms with Crippen LogP contribution in [0.4, 0.5) is 0 Å². The molecule has 0 aliphatic carbocycles. The predicted octanol–water partition coefficient (Wildman–Crippen LogP) is 8.95. The van der Waals surface area contributed by atoms with Gasteiger partial charge in [-0.25, -0.2) is 15.0 Å². The molecular weight excluding hydrogens is 478 g/mol. The van der Waals surface area contributed by atoms with Crippen molar-refractivity contribution in [2.75, 3.05) is 0 Å². The molecule has 0 N–H and O–H groups in total. The fourth-order valence-corrected chi connectivity index (χ4v) is 5.47. The van der Waals surface area contributed by atoms with E-state index in [9.17, 15) is 0 Å². The lowest BCUT2D eigenvalue weighted by molar-refractivity contribution is 0.487. The van der Waals surface area contributed by atoms with Gasteiger partial charge in [-0.3, -0.25) is 0 Å². The first kappa shape index (κ1) is 21.7. The molecule has 0 atom stereocenters. The normalized spacial score (nSPS) is 11.8. The zero-order valence-electron chi connectivity index (χ0n) is 20.9. The lowest BCUT2D eigenvalue weighted by Crippen LogP contribution is -2.02. The van der Waals surface area contributed by atoms with Crippen LogP contribution in [0, 0.1) is 0 Å². The van der Waals surface area contributed by atoms with E-state index in [0.717, 1.165) is 49.9 Å². The smallest absolute Gasteiger partial charge is 0.164 e. The third-order valence-electron chi connectivity index (χ3n) is 7.31. The van der Waals surface area contributed by atoms with Gasteiger partial charge in [-0.15, -0.1) is 0 Å². The maximum Gasteiger partial charge on any atom is 0.164 e. The fourth-order valence-electron chi connectivity index (χ4n) is 5.47. The minimum Gasteiger partial charge on any atom is -0.456 e. The second kappa shape index (κ2) is 8.61.